The molecule has 0 radical (unpaired) electrons. The normalized spacial score (nSPS) is 13.2. The zero-order valence-electron chi connectivity index (χ0n) is 36.7. The lowest BCUT2D eigenvalue weighted by atomic mass is 9.78. The number of fused-ring (bicyclic) bond motifs is 6. The maximum absolute atomic E-state index is 2.48. The highest BCUT2D eigenvalue weighted by Crippen LogP contribution is 2.51. The molecule has 290 valence electrons. The zero-order valence-corrected chi connectivity index (χ0v) is 36.7. The van der Waals surface area contributed by atoms with Crippen molar-refractivity contribution in [3.8, 4) is 22.3 Å². The van der Waals surface area contributed by atoms with Gasteiger partial charge >= 0.3 is 0 Å². The summed E-state index contributed by atoms with van der Waals surface area (Å²) in [6.07, 6.45) is 0. The molecule has 0 aromatic heterocycles. The molecular formula is C58H58. The molecule has 0 aliphatic heterocycles. The van der Waals surface area contributed by atoms with E-state index in [9.17, 15) is 0 Å². The second-order valence-electron chi connectivity index (χ2n) is 21.1. The van der Waals surface area contributed by atoms with Gasteiger partial charge in [-0.2, -0.15) is 0 Å². The molecule has 0 N–H and O–H groups in total. The minimum atomic E-state index is 0.0126. The van der Waals surface area contributed by atoms with Crippen molar-refractivity contribution >= 4 is 64.6 Å². The highest BCUT2D eigenvalue weighted by atomic mass is 14.3. The van der Waals surface area contributed by atoms with E-state index >= 15 is 0 Å². The predicted octanol–water partition coefficient (Wildman–Crippen LogP) is 17.1. The molecule has 0 saturated carbocycles. The molecule has 0 heterocycles. The first-order valence-electron chi connectivity index (χ1n) is 21.3. The molecule has 58 heavy (non-hydrogen) atoms. The SMILES string of the molecule is CC(C)(C)c1ccc2c(-c3c4ccccc4c(-c4c5ccc(C(C)(C)C)cc5cc5ccc(C(C)(C)C)cc45)c4ccccc34)c3cc(C(C)(C)C)ccc3cc2c1. The van der Waals surface area contributed by atoms with Gasteiger partial charge in [0.1, 0.15) is 0 Å². The van der Waals surface area contributed by atoms with Crippen molar-refractivity contribution in [3.05, 3.63) is 156 Å². The Bertz CT molecular complexity index is 2850. The van der Waals surface area contributed by atoms with Crippen LogP contribution in [0.1, 0.15) is 105 Å². The van der Waals surface area contributed by atoms with E-state index in [0.717, 1.165) is 0 Å². The Morgan fingerprint density at radius 2 is 0.500 bits per heavy atom. The van der Waals surface area contributed by atoms with Gasteiger partial charge in [0.25, 0.3) is 0 Å². The van der Waals surface area contributed by atoms with Gasteiger partial charge in [-0.1, -0.05) is 192 Å². The van der Waals surface area contributed by atoms with Crippen LogP contribution in [0.4, 0.5) is 0 Å². The lowest BCUT2D eigenvalue weighted by Gasteiger charge is -2.25. The van der Waals surface area contributed by atoms with Crippen LogP contribution < -0.4 is 0 Å². The van der Waals surface area contributed by atoms with Crippen LogP contribution in [0.2, 0.25) is 0 Å². The summed E-state index contributed by atoms with van der Waals surface area (Å²) in [6.45, 7) is 27.9. The Morgan fingerprint density at radius 1 is 0.224 bits per heavy atom. The maximum Gasteiger partial charge on any atom is -0.00139 e. The van der Waals surface area contributed by atoms with Gasteiger partial charge in [0, 0.05) is 0 Å². The van der Waals surface area contributed by atoms with Gasteiger partial charge < -0.3 is 0 Å². The van der Waals surface area contributed by atoms with Gasteiger partial charge in [-0.3, -0.25) is 0 Å². The largest absolute Gasteiger partial charge is 0.0616 e. The number of hydrogen-bond donors (Lipinski definition) is 0. The minimum absolute atomic E-state index is 0.0126. The molecule has 0 saturated heterocycles. The number of rotatable bonds is 2. The quantitative estimate of drug-likeness (QED) is 0.154. The van der Waals surface area contributed by atoms with Gasteiger partial charge in [0.05, 0.1) is 0 Å². The Labute approximate surface area is 345 Å². The summed E-state index contributed by atoms with van der Waals surface area (Å²) in [5, 5.41) is 15.5. The van der Waals surface area contributed by atoms with Crippen molar-refractivity contribution in [1.82, 2.24) is 0 Å². The highest BCUT2D eigenvalue weighted by molar-refractivity contribution is 6.30. The minimum Gasteiger partial charge on any atom is -0.0616 e. The van der Waals surface area contributed by atoms with Gasteiger partial charge in [-0.15, -0.1) is 0 Å². The molecule has 0 bridgehead atoms. The molecule has 0 amide bonds. The fourth-order valence-corrected chi connectivity index (χ4v) is 9.31. The first-order valence-corrected chi connectivity index (χ1v) is 21.3. The molecule has 0 atom stereocenters. The topological polar surface area (TPSA) is 0 Å². The first-order chi connectivity index (χ1) is 27.3. The molecule has 9 aromatic carbocycles. The summed E-state index contributed by atoms with van der Waals surface area (Å²) in [4.78, 5) is 0. The summed E-state index contributed by atoms with van der Waals surface area (Å²) in [5.74, 6) is 0. The number of hydrogen-bond acceptors (Lipinski definition) is 0. The molecule has 0 aliphatic rings. The molecule has 9 rings (SSSR count). The predicted molar refractivity (Wildman–Crippen MR) is 257 cm³/mol. The second-order valence-corrected chi connectivity index (χ2v) is 21.1. The van der Waals surface area contributed by atoms with Crippen molar-refractivity contribution < 1.29 is 0 Å². The summed E-state index contributed by atoms with van der Waals surface area (Å²) < 4.78 is 0. The molecule has 0 heteroatoms. The molecular weight excluding hydrogens is 697 g/mol. The van der Waals surface area contributed by atoms with Crippen LogP contribution in [0.25, 0.3) is 86.9 Å². The van der Waals surface area contributed by atoms with Crippen LogP contribution in [0.5, 0.6) is 0 Å². The fourth-order valence-electron chi connectivity index (χ4n) is 9.31. The zero-order chi connectivity index (χ0) is 41.1. The van der Waals surface area contributed by atoms with E-state index in [1.807, 2.05) is 0 Å². The van der Waals surface area contributed by atoms with E-state index in [0.29, 0.717) is 0 Å². The highest BCUT2D eigenvalue weighted by Gasteiger charge is 2.26. The van der Waals surface area contributed by atoms with Crippen molar-refractivity contribution in [2.75, 3.05) is 0 Å². The van der Waals surface area contributed by atoms with Crippen LogP contribution >= 0.6 is 0 Å². The summed E-state index contributed by atoms with van der Waals surface area (Å²) in [6, 6.07) is 52.2. The van der Waals surface area contributed by atoms with Gasteiger partial charge in [-0.05, 0) is 155 Å². The van der Waals surface area contributed by atoms with E-state index in [1.165, 1.54) is 109 Å². The van der Waals surface area contributed by atoms with Gasteiger partial charge in [0.2, 0.25) is 0 Å². The van der Waals surface area contributed by atoms with Crippen LogP contribution in [0.15, 0.2) is 133 Å². The lowest BCUT2D eigenvalue weighted by Crippen LogP contribution is -2.11. The van der Waals surface area contributed by atoms with Crippen LogP contribution in [-0.4, -0.2) is 0 Å². The molecule has 0 aliphatic carbocycles. The summed E-state index contributed by atoms with van der Waals surface area (Å²) in [7, 11) is 0. The Balaban J connectivity index is 1.50. The van der Waals surface area contributed by atoms with Gasteiger partial charge in [-0.25, -0.2) is 0 Å². The van der Waals surface area contributed by atoms with Gasteiger partial charge in [0.15, 0.2) is 0 Å². The second kappa shape index (κ2) is 13.0. The third-order valence-electron chi connectivity index (χ3n) is 12.8. The fraction of sp³-hybridized carbons (Fsp3) is 0.276. The van der Waals surface area contributed by atoms with E-state index in [1.54, 1.807) is 0 Å². The van der Waals surface area contributed by atoms with Crippen molar-refractivity contribution in [3.63, 3.8) is 0 Å². The summed E-state index contributed by atoms with van der Waals surface area (Å²) >= 11 is 0. The van der Waals surface area contributed by atoms with E-state index in [4.69, 9.17) is 0 Å². The van der Waals surface area contributed by atoms with Crippen molar-refractivity contribution in [1.29, 1.82) is 0 Å². The molecule has 0 spiro atoms. The monoisotopic (exact) mass is 754 g/mol. The maximum atomic E-state index is 2.48. The molecule has 0 fully saturated rings. The van der Waals surface area contributed by atoms with Crippen LogP contribution in [0, 0.1) is 0 Å². The Hall–Kier alpha value is -5.46. The smallest absolute Gasteiger partial charge is 0.00139 e. The average molecular weight is 755 g/mol. The standard InChI is InChI=1S/C58H58/c1-55(2,3)39-25-27-43-37(31-39)29-35-21-23-41(57(7,8)9)33-49(35)51(43)53-45-17-13-15-19-47(45)54(48-20-16-14-18-46(48)53)52-44-28-26-40(56(4,5)6)32-38(44)30-36-22-24-42(34-50(36)52)58(10,11)12/h13-34H,1-12H3. The van der Waals surface area contributed by atoms with E-state index < -0.39 is 0 Å². The Kier molecular flexibility index (Phi) is 8.55. The third-order valence-corrected chi connectivity index (χ3v) is 12.8. The van der Waals surface area contributed by atoms with E-state index in [-0.39, 0.29) is 21.7 Å². The van der Waals surface area contributed by atoms with E-state index in [2.05, 4.69) is 217 Å². The van der Waals surface area contributed by atoms with Crippen LogP contribution in [0.3, 0.4) is 0 Å². The molecule has 0 nitrogen and oxygen atoms in total. The lowest BCUT2D eigenvalue weighted by molar-refractivity contribution is 0.590. The first kappa shape index (κ1) is 38.1. The molecule has 0 unspecified atom stereocenters. The van der Waals surface area contributed by atoms with Crippen LogP contribution in [-0.2, 0) is 21.7 Å². The molecule has 9 aromatic rings. The summed E-state index contributed by atoms with van der Waals surface area (Å²) in [5.41, 5.74) is 10.8. The average Bonchev–Trinajstić information content (AvgIpc) is 3.16. The Morgan fingerprint density at radius 3 is 0.810 bits per heavy atom. The van der Waals surface area contributed by atoms with Crippen molar-refractivity contribution in [2.45, 2.75) is 105 Å². The number of benzene rings is 9. The van der Waals surface area contributed by atoms with Crippen molar-refractivity contribution in [2.24, 2.45) is 0 Å². The third kappa shape index (κ3) is 6.28.